The van der Waals surface area contributed by atoms with Crippen LogP contribution in [0.1, 0.15) is 20.3 Å². The number of nitrogens with zero attached hydrogens (tertiary/aromatic N) is 2. The number of thiophene rings is 1. The Morgan fingerprint density at radius 2 is 2.25 bits per heavy atom. The number of carbonyl (C=O) groups excluding carboxylic acids is 1. The molecule has 0 aliphatic heterocycles. The fourth-order valence-electron chi connectivity index (χ4n) is 1.01. The highest BCUT2D eigenvalue weighted by molar-refractivity contribution is 7.18. The maximum absolute atomic E-state index is 11.5. The minimum Gasteiger partial charge on any atom is -0.477 e. The summed E-state index contributed by atoms with van der Waals surface area (Å²) in [7, 11) is 0. The topological polar surface area (TPSA) is 108 Å². The Balaban J connectivity index is 2.09. The van der Waals surface area contributed by atoms with E-state index >= 15 is 0 Å². The van der Waals surface area contributed by atoms with Gasteiger partial charge in [0.1, 0.15) is 11.2 Å². The molecule has 7 nitrogen and oxygen atoms in total. The second-order valence-electron chi connectivity index (χ2n) is 2.76. The summed E-state index contributed by atoms with van der Waals surface area (Å²) >= 11 is 0.973. The number of aromatic amines is 1. The third-order valence-corrected chi connectivity index (χ3v) is 2.67. The van der Waals surface area contributed by atoms with Crippen molar-refractivity contribution in [1.29, 1.82) is 0 Å². The summed E-state index contributed by atoms with van der Waals surface area (Å²) in [4.78, 5) is 25.9. The van der Waals surface area contributed by atoms with Gasteiger partial charge in [0.15, 0.2) is 0 Å². The molecule has 0 radical (unpaired) electrons. The number of carboxylic acids is 1. The third kappa shape index (κ3) is 2.06. The Morgan fingerprint density at radius 1 is 1.44 bits per heavy atom. The third-order valence-electron chi connectivity index (χ3n) is 1.68. The molecule has 8 heteroatoms. The van der Waals surface area contributed by atoms with E-state index in [1.54, 1.807) is 0 Å². The monoisotopic (exact) mass is 238 g/mol. The quantitative estimate of drug-likeness (QED) is 0.733. The Bertz CT molecular complexity index is 519. The number of rotatable bonds is 3. The van der Waals surface area contributed by atoms with Gasteiger partial charge in [-0.2, -0.15) is 5.10 Å². The average molecular weight is 238 g/mol. The normalized spacial score (nSPS) is 10.0. The van der Waals surface area contributed by atoms with Gasteiger partial charge in [-0.15, -0.1) is 11.3 Å². The molecule has 0 bridgehead atoms. The van der Waals surface area contributed by atoms with Gasteiger partial charge in [-0.1, -0.05) is 0 Å². The van der Waals surface area contributed by atoms with E-state index in [1.807, 2.05) is 0 Å². The summed E-state index contributed by atoms with van der Waals surface area (Å²) in [5, 5.41) is 17.6. The largest absolute Gasteiger partial charge is 0.477 e. The summed E-state index contributed by atoms with van der Waals surface area (Å²) < 4.78 is 0. The smallest absolute Gasteiger partial charge is 0.345 e. The number of H-pyrrole nitrogens is 1. The van der Waals surface area contributed by atoms with Crippen LogP contribution in [-0.4, -0.2) is 32.2 Å². The average Bonchev–Trinajstić information content (AvgIpc) is 2.87. The summed E-state index contributed by atoms with van der Waals surface area (Å²) in [5.74, 6) is -1.41. The molecule has 82 valence electrons. The van der Waals surface area contributed by atoms with Gasteiger partial charge in [-0.25, -0.2) is 9.78 Å². The number of aromatic carboxylic acids is 1. The van der Waals surface area contributed by atoms with Gasteiger partial charge in [-0.3, -0.25) is 9.89 Å². The Kier molecular flexibility index (Phi) is 2.64. The number of hydrogen-bond donors (Lipinski definition) is 3. The van der Waals surface area contributed by atoms with Crippen LogP contribution in [0.3, 0.4) is 0 Å². The van der Waals surface area contributed by atoms with Gasteiger partial charge in [0.2, 0.25) is 5.82 Å². The predicted molar refractivity (Wildman–Crippen MR) is 55.6 cm³/mol. The Labute approximate surface area is 93.1 Å². The van der Waals surface area contributed by atoms with Gasteiger partial charge in [-0.05, 0) is 12.1 Å². The summed E-state index contributed by atoms with van der Waals surface area (Å²) in [6.45, 7) is 0. The van der Waals surface area contributed by atoms with Crippen molar-refractivity contribution in [2.24, 2.45) is 0 Å². The van der Waals surface area contributed by atoms with E-state index in [9.17, 15) is 9.59 Å². The maximum atomic E-state index is 11.5. The van der Waals surface area contributed by atoms with Gasteiger partial charge < -0.3 is 10.4 Å². The lowest BCUT2D eigenvalue weighted by atomic mass is 10.4. The minimum atomic E-state index is -1.02. The molecule has 0 aliphatic carbocycles. The Morgan fingerprint density at radius 3 is 2.81 bits per heavy atom. The lowest BCUT2D eigenvalue weighted by Crippen LogP contribution is -2.12. The van der Waals surface area contributed by atoms with Crippen molar-refractivity contribution in [2.75, 3.05) is 5.32 Å². The van der Waals surface area contributed by atoms with Gasteiger partial charge in [0.05, 0.1) is 5.00 Å². The van der Waals surface area contributed by atoms with E-state index in [-0.39, 0.29) is 10.7 Å². The zero-order valence-electron chi connectivity index (χ0n) is 7.80. The van der Waals surface area contributed by atoms with Gasteiger partial charge >= 0.3 is 5.97 Å². The molecule has 2 aromatic rings. The van der Waals surface area contributed by atoms with Crippen LogP contribution in [0.15, 0.2) is 18.5 Å². The molecule has 0 atom stereocenters. The second-order valence-corrected chi connectivity index (χ2v) is 3.84. The molecule has 1 amide bonds. The molecule has 2 aromatic heterocycles. The zero-order valence-corrected chi connectivity index (χ0v) is 8.61. The van der Waals surface area contributed by atoms with Crippen LogP contribution >= 0.6 is 11.3 Å². The number of aromatic nitrogens is 3. The van der Waals surface area contributed by atoms with Crippen LogP contribution in [0, 0.1) is 0 Å². The van der Waals surface area contributed by atoms with Crippen LogP contribution in [0.25, 0.3) is 0 Å². The van der Waals surface area contributed by atoms with Crippen molar-refractivity contribution in [3.8, 4) is 0 Å². The standard InChI is InChI=1S/C8H6N4O3S/c13-7(6-9-3-10-12-6)11-5-2-1-4(16-5)8(14)15/h1-3H,(H,11,13)(H,14,15)(H,9,10,12). The minimum absolute atomic E-state index is 0.0743. The van der Waals surface area contributed by atoms with Crippen LogP contribution in [0.5, 0.6) is 0 Å². The lowest BCUT2D eigenvalue weighted by Gasteiger charge is -1.97. The fraction of sp³-hybridized carbons (Fsp3) is 0. The van der Waals surface area contributed by atoms with E-state index in [1.165, 1.54) is 18.5 Å². The Hall–Kier alpha value is -2.22. The number of carbonyl (C=O) groups is 2. The molecule has 0 unspecified atom stereocenters. The maximum Gasteiger partial charge on any atom is 0.345 e. The van der Waals surface area contributed by atoms with Crippen LogP contribution in [-0.2, 0) is 0 Å². The molecule has 0 saturated heterocycles. The highest BCUT2D eigenvalue weighted by atomic mass is 32.1. The van der Waals surface area contributed by atoms with E-state index in [0.29, 0.717) is 5.00 Å². The molecule has 0 fully saturated rings. The molecular weight excluding hydrogens is 232 g/mol. The first-order chi connectivity index (χ1) is 7.66. The molecule has 0 spiro atoms. The summed E-state index contributed by atoms with van der Waals surface area (Å²) in [6.07, 6.45) is 1.21. The number of hydrogen-bond acceptors (Lipinski definition) is 5. The first-order valence-electron chi connectivity index (χ1n) is 4.16. The highest BCUT2D eigenvalue weighted by Crippen LogP contribution is 2.21. The number of carboxylic acid groups (broad SMARTS) is 1. The molecule has 16 heavy (non-hydrogen) atoms. The van der Waals surface area contributed by atoms with E-state index in [4.69, 9.17) is 5.11 Å². The molecule has 2 rings (SSSR count). The van der Waals surface area contributed by atoms with Gasteiger partial charge in [0.25, 0.3) is 5.91 Å². The SMILES string of the molecule is O=C(Nc1ccc(C(=O)O)s1)c1ncn[nH]1. The molecule has 2 heterocycles. The van der Waals surface area contributed by atoms with Crippen molar-refractivity contribution in [1.82, 2.24) is 15.2 Å². The van der Waals surface area contributed by atoms with Crippen LogP contribution in [0.4, 0.5) is 5.00 Å². The lowest BCUT2D eigenvalue weighted by molar-refractivity contribution is 0.0702. The molecule has 0 aromatic carbocycles. The predicted octanol–water partition coefficient (Wildman–Crippen LogP) is 0.817. The molecule has 0 saturated carbocycles. The zero-order chi connectivity index (χ0) is 11.5. The van der Waals surface area contributed by atoms with Crippen molar-refractivity contribution in [3.05, 3.63) is 29.2 Å². The summed E-state index contributed by atoms with van der Waals surface area (Å²) in [5.41, 5.74) is 0. The second kappa shape index (κ2) is 4.11. The first-order valence-corrected chi connectivity index (χ1v) is 4.98. The number of nitrogens with one attached hydrogen (secondary N) is 2. The highest BCUT2D eigenvalue weighted by Gasteiger charge is 2.12. The molecule has 3 N–H and O–H groups in total. The van der Waals surface area contributed by atoms with Crippen LogP contribution < -0.4 is 5.32 Å². The number of amides is 1. The van der Waals surface area contributed by atoms with E-state index in [2.05, 4.69) is 20.5 Å². The van der Waals surface area contributed by atoms with Crippen molar-refractivity contribution >= 4 is 28.2 Å². The van der Waals surface area contributed by atoms with Crippen LogP contribution in [0.2, 0.25) is 0 Å². The van der Waals surface area contributed by atoms with Crippen molar-refractivity contribution in [2.45, 2.75) is 0 Å². The van der Waals surface area contributed by atoms with Gasteiger partial charge in [0, 0.05) is 0 Å². The number of anilines is 1. The van der Waals surface area contributed by atoms with Crippen molar-refractivity contribution < 1.29 is 14.7 Å². The summed E-state index contributed by atoms with van der Waals surface area (Å²) in [6, 6.07) is 2.94. The fourth-order valence-corrected chi connectivity index (χ4v) is 1.75. The van der Waals surface area contributed by atoms with E-state index in [0.717, 1.165) is 11.3 Å². The van der Waals surface area contributed by atoms with E-state index < -0.39 is 11.9 Å². The first kappa shape index (κ1) is 10.3. The van der Waals surface area contributed by atoms with Crippen molar-refractivity contribution in [3.63, 3.8) is 0 Å². The molecular formula is C8H6N4O3S. The molecule has 0 aliphatic rings.